The summed E-state index contributed by atoms with van der Waals surface area (Å²) in [5, 5.41) is 0. The fraction of sp³-hybridized carbons (Fsp3) is 0.222. The van der Waals surface area contributed by atoms with Crippen LogP contribution < -0.4 is 4.74 Å². The molecule has 0 heterocycles. The van der Waals surface area contributed by atoms with E-state index >= 15 is 0 Å². The van der Waals surface area contributed by atoms with Gasteiger partial charge in [0, 0.05) is 0 Å². The van der Waals surface area contributed by atoms with Gasteiger partial charge in [-0.2, -0.15) is 0 Å². The third-order valence-corrected chi connectivity index (χ3v) is 1.45. The fourth-order valence-corrected chi connectivity index (χ4v) is 0.837. The molecule has 0 fully saturated rings. The van der Waals surface area contributed by atoms with Crippen LogP contribution in [-0.4, -0.2) is 12.9 Å². The molecule has 0 aliphatic rings. The number of benzene rings is 1. The number of ether oxygens (including phenoxy) is 1. The van der Waals surface area contributed by atoms with Crippen LogP contribution in [0.25, 0.3) is 0 Å². The summed E-state index contributed by atoms with van der Waals surface area (Å²) in [6.45, 7) is 1.65. The summed E-state index contributed by atoms with van der Waals surface area (Å²) >= 11 is 0. The molecular formula is C9H9FO2. The topological polar surface area (TPSA) is 26.3 Å². The van der Waals surface area contributed by atoms with Crippen LogP contribution in [0.2, 0.25) is 0 Å². The maximum Gasteiger partial charge on any atom is 0.157 e. The molecule has 2 nitrogen and oxygen atoms in total. The predicted octanol–water partition coefficient (Wildman–Crippen LogP) is 1.71. The summed E-state index contributed by atoms with van der Waals surface area (Å²) in [4.78, 5) is 9.93. The van der Waals surface area contributed by atoms with Gasteiger partial charge in [-0.15, -0.1) is 0 Å². The second-order valence-corrected chi connectivity index (χ2v) is 2.39. The molecule has 0 atom stereocenters. The Labute approximate surface area is 70.0 Å². The van der Waals surface area contributed by atoms with Gasteiger partial charge in [0.1, 0.15) is 18.2 Å². The molecule has 3 heteroatoms. The number of carbonyl (C=O) groups excluding carboxylic acids is 1. The van der Waals surface area contributed by atoms with E-state index in [1.165, 1.54) is 12.1 Å². The molecule has 0 aliphatic heterocycles. The lowest BCUT2D eigenvalue weighted by Crippen LogP contribution is -1.98. The molecule has 0 amide bonds. The number of halogens is 1. The van der Waals surface area contributed by atoms with Crippen LogP contribution in [0.4, 0.5) is 4.39 Å². The molecule has 0 aromatic heterocycles. The highest BCUT2D eigenvalue weighted by Crippen LogP contribution is 2.15. The van der Waals surface area contributed by atoms with E-state index in [0.717, 1.165) is 0 Å². The Bertz CT molecular complexity index is 284. The SMILES string of the molecule is Cc1cc(OCC=O)ccc1F. The maximum atomic E-state index is 12.7. The van der Waals surface area contributed by atoms with Crippen molar-refractivity contribution in [2.75, 3.05) is 6.61 Å². The first-order valence-electron chi connectivity index (χ1n) is 3.56. The average Bonchev–Trinajstić information content (AvgIpc) is 2.07. The lowest BCUT2D eigenvalue weighted by Gasteiger charge is -2.02. The van der Waals surface area contributed by atoms with Crippen LogP contribution in [0.15, 0.2) is 18.2 Å². The number of aldehydes is 1. The van der Waals surface area contributed by atoms with Crippen molar-refractivity contribution >= 4 is 6.29 Å². The lowest BCUT2D eigenvalue weighted by atomic mass is 10.2. The first kappa shape index (κ1) is 8.71. The average molecular weight is 168 g/mol. The Morgan fingerprint density at radius 2 is 2.33 bits per heavy atom. The number of carbonyl (C=O) groups is 1. The van der Waals surface area contributed by atoms with Crippen LogP contribution in [0.1, 0.15) is 5.56 Å². The molecule has 1 aromatic rings. The summed E-state index contributed by atoms with van der Waals surface area (Å²) in [5.74, 6) is 0.245. The zero-order valence-corrected chi connectivity index (χ0v) is 6.71. The molecule has 0 spiro atoms. The highest BCUT2D eigenvalue weighted by atomic mass is 19.1. The number of hydrogen-bond donors (Lipinski definition) is 0. The summed E-state index contributed by atoms with van der Waals surface area (Å²) in [6.07, 6.45) is 0.651. The zero-order chi connectivity index (χ0) is 8.97. The molecule has 0 unspecified atom stereocenters. The molecule has 1 aromatic carbocycles. The van der Waals surface area contributed by atoms with Gasteiger partial charge in [-0.25, -0.2) is 4.39 Å². The molecule has 0 saturated carbocycles. The molecule has 0 aliphatic carbocycles. The van der Waals surface area contributed by atoms with Gasteiger partial charge in [-0.05, 0) is 30.7 Å². The quantitative estimate of drug-likeness (QED) is 0.642. The number of rotatable bonds is 3. The summed E-state index contributed by atoms with van der Waals surface area (Å²) in [6, 6.07) is 4.36. The van der Waals surface area contributed by atoms with E-state index < -0.39 is 0 Å². The Hall–Kier alpha value is -1.38. The smallest absolute Gasteiger partial charge is 0.157 e. The van der Waals surface area contributed by atoms with Crippen LogP contribution in [0, 0.1) is 12.7 Å². The zero-order valence-electron chi connectivity index (χ0n) is 6.71. The molecule has 12 heavy (non-hydrogen) atoms. The molecule has 0 bridgehead atoms. The van der Waals surface area contributed by atoms with Crippen molar-refractivity contribution in [2.24, 2.45) is 0 Å². The van der Waals surface area contributed by atoms with Crippen molar-refractivity contribution in [1.82, 2.24) is 0 Å². The van der Waals surface area contributed by atoms with Crippen molar-refractivity contribution in [3.63, 3.8) is 0 Å². The molecule has 0 N–H and O–H groups in total. The Balaban J connectivity index is 2.75. The van der Waals surface area contributed by atoms with E-state index in [1.807, 2.05) is 0 Å². The van der Waals surface area contributed by atoms with Crippen molar-refractivity contribution in [3.8, 4) is 5.75 Å². The molecule has 1 rings (SSSR count). The molecule has 0 saturated heterocycles. The van der Waals surface area contributed by atoms with Gasteiger partial charge in [0.2, 0.25) is 0 Å². The monoisotopic (exact) mass is 168 g/mol. The van der Waals surface area contributed by atoms with Gasteiger partial charge >= 0.3 is 0 Å². The van der Waals surface area contributed by atoms with Gasteiger partial charge < -0.3 is 4.74 Å². The largest absolute Gasteiger partial charge is 0.486 e. The van der Waals surface area contributed by atoms with Crippen LogP contribution in [0.3, 0.4) is 0 Å². The van der Waals surface area contributed by atoms with Crippen molar-refractivity contribution in [3.05, 3.63) is 29.6 Å². The van der Waals surface area contributed by atoms with Crippen molar-refractivity contribution in [2.45, 2.75) is 6.92 Å². The highest BCUT2D eigenvalue weighted by Gasteiger charge is 1.98. The first-order chi connectivity index (χ1) is 5.74. The minimum absolute atomic E-state index is 0.00503. The predicted molar refractivity (Wildman–Crippen MR) is 42.7 cm³/mol. The minimum Gasteiger partial charge on any atom is -0.486 e. The number of hydrogen-bond acceptors (Lipinski definition) is 2. The second kappa shape index (κ2) is 3.85. The molecular weight excluding hydrogens is 159 g/mol. The first-order valence-corrected chi connectivity index (χ1v) is 3.56. The Morgan fingerprint density at radius 1 is 1.58 bits per heavy atom. The van der Waals surface area contributed by atoms with Gasteiger partial charge in [0.05, 0.1) is 0 Å². The van der Waals surface area contributed by atoms with Crippen molar-refractivity contribution in [1.29, 1.82) is 0 Å². The van der Waals surface area contributed by atoms with Gasteiger partial charge in [-0.3, -0.25) is 4.79 Å². The van der Waals surface area contributed by atoms with Crippen LogP contribution in [0.5, 0.6) is 5.75 Å². The summed E-state index contributed by atoms with van der Waals surface area (Å²) < 4.78 is 17.7. The minimum atomic E-state index is -0.270. The van der Waals surface area contributed by atoms with Crippen molar-refractivity contribution < 1.29 is 13.9 Å². The van der Waals surface area contributed by atoms with Gasteiger partial charge in [0.15, 0.2) is 6.29 Å². The second-order valence-electron chi connectivity index (χ2n) is 2.39. The van der Waals surface area contributed by atoms with Gasteiger partial charge in [-0.1, -0.05) is 0 Å². The molecule has 0 radical (unpaired) electrons. The highest BCUT2D eigenvalue weighted by molar-refractivity contribution is 5.51. The third-order valence-electron chi connectivity index (χ3n) is 1.45. The number of aryl methyl sites for hydroxylation is 1. The van der Waals surface area contributed by atoms with E-state index in [9.17, 15) is 9.18 Å². The van der Waals surface area contributed by atoms with E-state index in [4.69, 9.17) is 4.74 Å². The molecule has 64 valence electrons. The Morgan fingerprint density at radius 3 is 2.92 bits per heavy atom. The Kier molecular flexibility index (Phi) is 2.80. The summed E-state index contributed by atoms with van der Waals surface area (Å²) in [7, 11) is 0. The van der Waals surface area contributed by atoms with Crippen LogP contribution in [-0.2, 0) is 4.79 Å². The standard InChI is InChI=1S/C9H9FO2/c1-7-6-8(12-5-4-11)2-3-9(7)10/h2-4,6H,5H2,1H3. The van der Waals surface area contributed by atoms with E-state index in [1.54, 1.807) is 13.0 Å². The fourth-order valence-electron chi connectivity index (χ4n) is 0.837. The van der Waals surface area contributed by atoms with Crippen LogP contribution >= 0.6 is 0 Å². The summed E-state index contributed by atoms with van der Waals surface area (Å²) in [5.41, 5.74) is 0.512. The maximum absolute atomic E-state index is 12.7. The lowest BCUT2D eigenvalue weighted by molar-refractivity contribution is -0.109. The normalized spacial score (nSPS) is 9.50. The third kappa shape index (κ3) is 2.05. The van der Waals surface area contributed by atoms with E-state index in [-0.39, 0.29) is 12.4 Å². The van der Waals surface area contributed by atoms with Gasteiger partial charge in [0.25, 0.3) is 0 Å². The van der Waals surface area contributed by atoms with E-state index in [2.05, 4.69) is 0 Å². The van der Waals surface area contributed by atoms with E-state index in [0.29, 0.717) is 17.6 Å².